The molecular formula is C14H16F7NO4. The third-order valence-corrected chi connectivity index (χ3v) is 2.79. The van der Waals surface area contributed by atoms with Gasteiger partial charge in [0.15, 0.2) is 13.2 Å². The molecule has 1 aromatic carbocycles. The molecule has 0 bridgehead atoms. The lowest BCUT2D eigenvalue weighted by atomic mass is 10.2. The van der Waals surface area contributed by atoms with Crippen molar-refractivity contribution in [2.45, 2.75) is 24.6 Å². The van der Waals surface area contributed by atoms with Crippen LogP contribution in [0, 0.1) is 0 Å². The number of anilines is 1. The van der Waals surface area contributed by atoms with Gasteiger partial charge in [-0.15, -0.1) is 0 Å². The Morgan fingerprint density at radius 3 is 1.96 bits per heavy atom. The SMILES string of the molecule is OCC(O)CNc1cc(OCC(F)(F)F)cc(OCC(F)(F)C(F)F)c1. The zero-order valence-electron chi connectivity index (χ0n) is 13.1. The summed E-state index contributed by atoms with van der Waals surface area (Å²) in [5.74, 6) is -5.34. The van der Waals surface area contributed by atoms with E-state index >= 15 is 0 Å². The number of nitrogens with one attached hydrogen (secondary N) is 1. The summed E-state index contributed by atoms with van der Waals surface area (Å²) in [6.45, 7) is -4.22. The first-order chi connectivity index (χ1) is 11.9. The molecule has 1 rings (SSSR count). The van der Waals surface area contributed by atoms with Crippen molar-refractivity contribution in [3.8, 4) is 11.5 Å². The Hall–Kier alpha value is -1.95. The number of benzene rings is 1. The summed E-state index contributed by atoms with van der Waals surface area (Å²) in [5.41, 5.74) is -0.00691. The molecule has 150 valence electrons. The zero-order valence-corrected chi connectivity index (χ0v) is 13.1. The third-order valence-electron chi connectivity index (χ3n) is 2.79. The van der Waals surface area contributed by atoms with Gasteiger partial charge in [0.1, 0.15) is 11.5 Å². The number of aliphatic hydroxyl groups is 2. The minimum absolute atomic E-state index is 0.00691. The Bertz CT molecular complexity index is 569. The van der Waals surface area contributed by atoms with Crippen LogP contribution in [0.15, 0.2) is 18.2 Å². The fourth-order valence-electron chi connectivity index (χ4n) is 1.55. The molecule has 0 saturated heterocycles. The molecule has 0 aliphatic heterocycles. The van der Waals surface area contributed by atoms with E-state index in [1.54, 1.807) is 0 Å². The van der Waals surface area contributed by atoms with E-state index in [2.05, 4.69) is 14.8 Å². The Labute approximate surface area is 143 Å². The summed E-state index contributed by atoms with van der Waals surface area (Å²) >= 11 is 0. The molecule has 0 aliphatic carbocycles. The van der Waals surface area contributed by atoms with Crippen molar-refractivity contribution in [1.29, 1.82) is 0 Å². The maximum absolute atomic E-state index is 12.9. The molecule has 0 radical (unpaired) electrons. The Morgan fingerprint density at radius 1 is 0.962 bits per heavy atom. The van der Waals surface area contributed by atoms with Crippen LogP contribution >= 0.6 is 0 Å². The molecule has 5 nitrogen and oxygen atoms in total. The molecule has 0 amide bonds. The lowest BCUT2D eigenvalue weighted by molar-refractivity contribution is -0.153. The number of hydrogen-bond donors (Lipinski definition) is 3. The van der Waals surface area contributed by atoms with Gasteiger partial charge in [-0.2, -0.15) is 22.0 Å². The number of hydrogen-bond acceptors (Lipinski definition) is 5. The monoisotopic (exact) mass is 395 g/mol. The minimum Gasteiger partial charge on any atom is -0.487 e. The minimum atomic E-state index is -4.67. The Balaban J connectivity index is 2.92. The highest BCUT2D eigenvalue weighted by atomic mass is 19.4. The number of ether oxygens (including phenoxy) is 2. The molecule has 0 aromatic heterocycles. The van der Waals surface area contributed by atoms with Crippen molar-refractivity contribution >= 4 is 5.69 Å². The fourth-order valence-corrected chi connectivity index (χ4v) is 1.55. The molecular weight excluding hydrogens is 379 g/mol. The van der Waals surface area contributed by atoms with Crippen molar-refractivity contribution in [3.63, 3.8) is 0 Å². The second-order valence-electron chi connectivity index (χ2n) is 5.16. The van der Waals surface area contributed by atoms with Crippen molar-refractivity contribution in [2.24, 2.45) is 0 Å². The summed E-state index contributed by atoms with van der Waals surface area (Å²) in [4.78, 5) is 0. The molecule has 0 heterocycles. The van der Waals surface area contributed by atoms with Crippen LogP contribution in [-0.2, 0) is 0 Å². The highest BCUT2D eigenvalue weighted by Gasteiger charge is 2.41. The molecule has 1 unspecified atom stereocenters. The van der Waals surface area contributed by atoms with Crippen molar-refractivity contribution in [3.05, 3.63) is 18.2 Å². The summed E-state index contributed by atoms with van der Waals surface area (Å²) in [6, 6.07) is 2.90. The van der Waals surface area contributed by atoms with Crippen molar-refractivity contribution < 1.29 is 50.4 Å². The maximum Gasteiger partial charge on any atom is 0.422 e. The number of halogens is 7. The lowest BCUT2D eigenvalue weighted by Crippen LogP contribution is -2.33. The first-order valence-corrected chi connectivity index (χ1v) is 7.09. The van der Waals surface area contributed by atoms with Gasteiger partial charge >= 0.3 is 18.5 Å². The van der Waals surface area contributed by atoms with Crippen LogP contribution in [0.4, 0.5) is 36.4 Å². The van der Waals surface area contributed by atoms with E-state index < -0.39 is 55.9 Å². The Morgan fingerprint density at radius 2 is 1.50 bits per heavy atom. The van der Waals surface area contributed by atoms with E-state index in [0.29, 0.717) is 0 Å². The average Bonchev–Trinajstić information content (AvgIpc) is 2.55. The van der Waals surface area contributed by atoms with E-state index in [1.165, 1.54) is 0 Å². The van der Waals surface area contributed by atoms with Gasteiger partial charge in [-0.25, -0.2) is 8.78 Å². The molecule has 12 heteroatoms. The quantitative estimate of drug-likeness (QED) is 0.532. The number of rotatable bonds is 10. The van der Waals surface area contributed by atoms with Gasteiger partial charge in [-0.05, 0) is 0 Å². The van der Waals surface area contributed by atoms with Gasteiger partial charge in [0, 0.05) is 30.4 Å². The molecule has 0 aliphatic rings. The van der Waals surface area contributed by atoms with E-state index in [0.717, 1.165) is 18.2 Å². The highest BCUT2D eigenvalue weighted by Crippen LogP contribution is 2.30. The summed E-state index contributed by atoms with van der Waals surface area (Å²) in [6.07, 6.45) is -9.85. The third kappa shape index (κ3) is 7.95. The van der Waals surface area contributed by atoms with Gasteiger partial charge < -0.3 is 25.0 Å². The largest absolute Gasteiger partial charge is 0.487 e. The smallest absolute Gasteiger partial charge is 0.422 e. The van der Waals surface area contributed by atoms with Gasteiger partial charge in [0.05, 0.1) is 12.7 Å². The highest BCUT2D eigenvalue weighted by molar-refractivity contribution is 5.53. The van der Waals surface area contributed by atoms with Crippen LogP contribution < -0.4 is 14.8 Å². The second-order valence-corrected chi connectivity index (χ2v) is 5.16. The normalized spacial score (nSPS) is 13.6. The van der Waals surface area contributed by atoms with Crippen LogP contribution in [0.3, 0.4) is 0 Å². The maximum atomic E-state index is 12.9. The van der Waals surface area contributed by atoms with E-state index in [4.69, 9.17) is 5.11 Å². The number of alkyl halides is 7. The first kappa shape index (κ1) is 22.1. The Kier molecular flexibility index (Phi) is 7.75. The molecule has 26 heavy (non-hydrogen) atoms. The molecule has 0 saturated carbocycles. The van der Waals surface area contributed by atoms with Crippen molar-refractivity contribution in [1.82, 2.24) is 0 Å². The standard InChI is InChI=1S/C14H16F7NO4/c15-12(16)13(17,18)6-25-10-1-8(22-4-9(24)5-23)2-11(3-10)26-7-14(19,20)21/h1-3,9,12,22-24H,4-7H2. The van der Waals surface area contributed by atoms with Gasteiger partial charge in [-0.3, -0.25) is 0 Å². The van der Waals surface area contributed by atoms with Gasteiger partial charge in [0.25, 0.3) is 0 Å². The topological polar surface area (TPSA) is 71.0 Å². The molecule has 1 atom stereocenters. The van der Waals surface area contributed by atoms with Gasteiger partial charge in [0.2, 0.25) is 0 Å². The predicted octanol–water partition coefficient (Wildman–Crippen LogP) is 2.67. The first-order valence-electron chi connectivity index (χ1n) is 7.09. The fraction of sp³-hybridized carbons (Fsp3) is 0.571. The van der Waals surface area contributed by atoms with E-state index in [9.17, 15) is 35.8 Å². The van der Waals surface area contributed by atoms with Gasteiger partial charge in [-0.1, -0.05) is 0 Å². The zero-order chi connectivity index (χ0) is 20.0. The average molecular weight is 395 g/mol. The van der Waals surface area contributed by atoms with Crippen LogP contribution in [-0.4, -0.2) is 61.2 Å². The molecule has 3 N–H and O–H groups in total. The summed E-state index contributed by atoms with van der Waals surface area (Å²) in [7, 11) is 0. The summed E-state index contributed by atoms with van der Waals surface area (Å²) < 4.78 is 95.7. The lowest BCUT2D eigenvalue weighted by Gasteiger charge is -2.18. The molecule has 1 aromatic rings. The van der Waals surface area contributed by atoms with Crippen LogP contribution in [0.2, 0.25) is 0 Å². The second kappa shape index (κ2) is 9.12. The van der Waals surface area contributed by atoms with E-state index in [-0.39, 0.29) is 12.2 Å². The van der Waals surface area contributed by atoms with Crippen LogP contribution in [0.1, 0.15) is 0 Å². The number of aliphatic hydroxyl groups excluding tert-OH is 2. The van der Waals surface area contributed by atoms with Crippen LogP contribution in [0.5, 0.6) is 11.5 Å². The van der Waals surface area contributed by atoms with E-state index in [1.807, 2.05) is 0 Å². The molecule has 0 fully saturated rings. The molecule has 0 spiro atoms. The van der Waals surface area contributed by atoms with Crippen molar-refractivity contribution in [2.75, 3.05) is 31.7 Å². The van der Waals surface area contributed by atoms with Crippen LogP contribution in [0.25, 0.3) is 0 Å². The predicted molar refractivity (Wildman–Crippen MR) is 76.0 cm³/mol. The summed E-state index contributed by atoms with van der Waals surface area (Å²) in [5, 5.41) is 20.4.